The molecule has 1 fully saturated rings. The summed E-state index contributed by atoms with van der Waals surface area (Å²) in [5.41, 5.74) is 1.05. The van der Waals surface area contributed by atoms with Crippen LogP contribution in [0.15, 0.2) is 29.2 Å². The van der Waals surface area contributed by atoms with Gasteiger partial charge >= 0.3 is 0 Å². The highest BCUT2D eigenvalue weighted by molar-refractivity contribution is 7.92. The Labute approximate surface area is 122 Å². The molecule has 0 saturated heterocycles. The zero-order chi connectivity index (χ0) is 14.9. The smallest absolute Gasteiger partial charge is 0.277 e. The van der Waals surface area contributed by atoms with Crippen molar-refractivity contribution in [2.45, 2.75) is 30.3 Å². The summed E-state index contributed by atoms with van der Waals surface area (Å²) in [4.78, 5) is 1.36. The summed E-state index contributed by atoms with van der Waals surface area (Å²) in [5.74, 6) is -0.0445. The highest BCUT2D eigenvalue weighted by atomic mass is 32.2. The predicted molar refractivity (Wildman–Crippen MR) is 75.9 cm³/mol. The monoisotopic (exact) mass is 308 g/mol. The lowest BCUT2D eigenvalue weighted by Gasteiger charge is -2.06. The minimum atomic E-state index is -3.68. The van der Waals surface area contributed by atoms with Crippen molar-refractivity contribution in [1.82, 2.24) is 25.5 Å². The molecule has 1 saturated carbocycles. The first-order chi connectivity index (χ1) is 10.0. The number of anilines is 1. The third-order valence-corrected chi connectivity index (χ3v) is 4.48. The summed E-state index contributed by atoms with van der Waals surface area (Å²) in [7, 11) is -2.12. The van der Waals surface area contributed by atoms with Crippen molar-refractivity contribution in [3.05, 3.63) is 29.8 Å². The Morgan fingerprint density at radius 3 is 2.57 bits per heavy atom. The molecule has 9 heteroatoms. The number of benzene rings is 1. The van der Waals surface area contributed by atoms with Gasteiger partial charge in [0.1, 0.15) is 0 Å². The van der Waals surface area contributed by atoms with Gasteiger partial charge < -0.3 is 5.32 Å². The van der Waals surface area contributed by atoms with Crippen LogP contribution < -0.4 is 10.0 Å². The molecule has 3 rings (SSSR count). The van der Waals surface area contributed by atoms with Crippen LogP contribution in [0.25, 0.3) is 0 Å². The molecular weight excluding hydrogens is 292 g/mol. The van der Waals surface area contributed by atoms with E-state index in [1.165, 1.54) is 17.6 Å². The number of aryl methyl sites for hydroxylation is 1. The van der Waals surface area contributed by atoms with Gasteiger partial charge in [-0.25, -0.2) is 13.1 Å². The van der Waals surface area contributed by atoms with Crippen LogP contribution in [0.1, 0.15) is 18.4 Å². The highest BCUT2D eigenvalue weighted by Crippen LogP contribution is 2.20. The van der Waals surface area contributed by atoms with Gasteiger partial charge in [-0.15, -0.1) is 5.10 Å². The Morgan fingerprint density at radius 1 is 1.29 bits per heavy atom. The fourth-order valence-corrected chi connectivity index (χ4v) is 2.77. The number of aromatic nitrogens is 4. The average molecular weight is 308 g/mol. The van der Waals surface area contributed by atoms with Crippen molar-refractivity contribution in [3.8, 4) is 0 Å². The van der Waals surface area contributed by atoms with Crippen LogP contribution in [-0.2, 0) is 23.6 Å². The zero-order valence-corrected chi connectivity index (χ0v) is 12.3. The molecule has 112 valence electrons. The molecule has 1 aliphatic rings. The Bertz CT molecular complexity index is 720. The van der Waals surface area contributed by atoms with Crippen molar-refractivity contribution in [2.75, 3.05) is 4.72 Å². The van der Waals surface area contributed by atoms with E-state index < -0.39 is 10.0 Å². The molecular formula is C12H16N6O2S. The molecule has 8 nitrogen and oxygen atoms in total. The van der Waals surface area contributed by atoms with Gasteiger partial charge in [-0.2, -0.15) is 4.80 Å². The second-order valence-electron chi connectivity index (χ2n) is 5.01. The molecule has 21 heavy (non-hydrogen) atoms. The fraction of sp³-hybridized carbons (Fsp3) is 0.417. The maximum absolute atomic E-state index is 12.2. The largest absolute Gasteiger partial charge is 0.310 e. The first-order valence-corrected chi connectivity index (χ1v) is 8.10. The first kappa shape index (κ1) is 14.0. The summed E-state index contributed by atoms with van der Waals surface area (Å²) in [6.45, 7) is 0.754. The molecule has 1 aromatic heterocycles. The van der Waals surface area contributed by atoms with E-state index in [9.17, 15) is 8.42 Å². The summed E-state index contributed by atoms with van der Waals surface area (Å²) >= 11 is 0. The maximum atomic E-state index is 12.2. The molecule has 1 aromatic carbocycles. The lowest BCUT2D eigenvalue weighted by molar-refractivity contribution is 0.600. The Balaban J connectivity index is 1.69. The van der Waals surface area contributed by atoms with Crippen molar-refractivity contribution < 1.29 is 8.42 Å². The van der Waals surface area contributed by atoms with Crippen molar-refractivity contribution >= 4 is 16.0 Å². The highest BCUT2D eigenvalue weighted by Gasteiger charge is 2.20. The minimum Gasteiger partial charge on any atom is -0.310 e. The third kappa shape index (κ3) is 3.56. The van der Waals surface area contributed by atoms with E-state index in [4.69, 9.17) is 0 Å². The van der Waals surface area contributed by atoms with Gasteiger partial charge in [-0.05, 0) is 35.8 Å². The second-order valence-corrected chi connectivity index (χ2v) is 6.69. The molecule has 2 aromatic rings. The van der Waals surface area contributed by atoms with Crippen LogP contribution in [0.3, 0.4) is 0 Å². The molecule has 1 aliphatic carbocycles. The van der Waals surface area contributed by atoms with E-state index in [1.807, 2.05) is 0 Å². The molecule has 0 atom stereocenters. The van der Waals surface area contributed by atoms with Gasteiger partial charge in [0, 0.05) is 12.6 Å². The fourth-order valence-electron chi connectivity index (χ4n) is 1.84. The van der Waals surface area contributed by atoms with Crippen LogP contribution in [0.4, 0.5) is 5.95 Å². The number of hydrogen-bond acceptors (Lipinski definition) is 6. The Morgan fingerprint density at radius 2 is 2.00 bits per heavy atom. The van der Waals surface area contributed by atoms with Crippen LogP contribution in [0.2, 0.25) is 0 Å². The van der Waals surface area contributed by atoms with E-state index in [0.29, 0.717) is 6.04 Å². The van der Waals surface area contributed by atoms with Gasteiger partial charge in [-0.3, -0.25) is 0 Å². The van der Waals surface area contributed by atoms with E-state index in [0.717, 1.165) is 12.1 Å². The molecule has 0 amide bonds. The summed E-state index contributed by atoms with van der Waals surface area (Å²) in [6, 6.07) is 7.37. The topological polar surface area (TPSA) is 102 Å². The number of sulfonamides is 1. The second kappa shape index (κ2) is 5.41. The average Bonchev–Trinajstić information content (AvgIpc) is 3.20. The van der Waals surface area contributed by atoms with Gasteiger partial charge in [-0.1, -0.05) is 17.2 Å². The van der Waals surface area contributed by atoms with Crippen LogP contribution in [0.5, 0.6) is 0 Å². The molecule has 0 bridgehead atoms. The number of nitrogens with zero attached hydrogens (tertiary/aromatic N) is 4. The van der Waals surface area contributed by atoms with Crippen molar-refractivity contribution in [1.29, 1.82) is 0 Å². The minimum absolute atomic E-state index is 0.0445. The number of hydrogen-bond donors (Lipinski definition) is 2. The van der Waals surface area contributed by atoms with E-state index in [-0.39, 0.29) is 10.8 Å². The quantitative estimate of drug-likeness (QED) is 0.794. The SMILES string of the molecule is Cn1nnc(NS(=O)(=O)c2ccc(CNC3CC3)cc2)n1. The van der Waals surface area contributed by atoms with Gasteiger partial charge in [0.2, 0.25) is 0 Å². The summed E-state index contributed by atoms with van der Waals surface area (Å²) < 4.78 is 26.6. The predicted octanol–water partition coefficient (Wildman–Crippen LogP) is 0.263. The molecule has 2 N–H and O–H groups in total. The van der Waals surface area contributed by atoms with Crippen LogP contribution >= 0.6 is 0 Å². The molecule has 0 aliphatic heterocycles. The summed E-state index contributed by atoms with van der Waals surface area (Å²) in [6.07, 6.45) is 2.45. The standard InChI is InChI=1S/C12H16N6O2S/c1-18-15-12(14-17-18)16-21(19,20)11-6-2-9(3-7-11)8-13-10-4-5-10/h2-3,6-7,10,13H,4-5,8H2,1H3,(H,15,16). The lowest BCUT2D eigenvalue weighted by atomic mass is 10.2. The molecule has 0 unspecified atom stereocenters. The van der Waals surface area contributed by atoms with Crippen molar-refractivity contribution in [3.63, 3.8) is 0 Å². The molecule has 1 heterocycles. The summed E-state index contributed by atoms with van der Waals surface area (Å²) in [5, 5.41) is 14.3. The van der Waals surface area contributed by atoms with E-state index in [1.54, 1.807) is 31.3 Å². The zero-order valence-electron chi connectivity index (χ0n) is 11.5. The van der Waals surface area contributed by atoms with E-state index >= 15 is 0 Å². The number of rotatable bonds is 6. The molecule has 0 radical (unpaired) electrons. The third-order valence-electron chi connectivity index (χ3n) is 3.14. The number of nitrogens with one attached hydrogen (secondary N) is 2. The van der Waals surface area contributed by atoms with Gasteiger partial charge in [0.25, 0.3) is 16.0 Å². The maximum Gasteiger partial charge on any atom is 0.277 e. The van der Waals surface area contributed by atoms with E-state index in [2.05, 4.69) is 25.4 Å². The van der Waals surface area contributed by atoms with Gasteiger partial charge in [0.05, 0.1) is 11.9 Å². The lowest BCUT2D eigenvalue weighted by Crippen LogP contribution is -2.16. The van der Waals surface area contributed by atoms with Gasteiger partial charge in [0.15, 0.2) is 0 Å². The van der Waals surface area contributed by atoms with Crippen LogP contribution in [-0.4, -0.2) is 34.7 Å². The van der Waals surface area contributed by atoms with Crippen LogP contribution in [0, 0.1) is 0 Å². The van der Waals surface area contributed by atoms with Crippen molar-refractivity contribution in [2.24, 2.45) is 7.05 Å². The Hall–Kier alpha value is -2.00. The normalized spacial score (nSPS) is 15.1. The Kier molecular flexibility index (Phi) is 3.60. The molecule has 0 spiro atoms. The number of tetrazole rings is 1. The first-order valence-electron chi connectivity index (χ1n) is 6.62.